The maximum absolute atomic E-state index is 11.2. The fraction of sp³-hybridized carbons (Fsp3) is 0.909. The molecular weight excluding hydrogens is 190 g/mol. The molecule has 0 bridgehead atoms. The van der Waals surface area contributed by atoms with Gasteiger partial charge in [0.1, 0.15) is 0 Å². The van der Waals surface area contributed by atoms with Crippen molar-refractivity contribution < 1.29 is 4.79 Å². The van der Waals surface area contributed by atoms with Gasteiger partial charge in [-0.25, -0.2) is 0 Å². The number of piperidine rings is 1. The second-order valence-electron chi connectivity index (χ2n) is 4.60. The summed E-state index contributed by atoms with van der Waals surface area (Å²) >= 11 is 0. The molecule has 1 atom stereocenters. The van der Waals surface area contributed by atoms with Crippen LogP contribution in [-0.4, -0.2) is 43.0 Å². The molecule has 0 aromatic rings. The molecule has 0 aromatic heterocycles. The molecule has 88 valence electrons. The van der Waals surface area contributed by atoms with Gasteiger partial charge in [-0.1, -0.05) is 6.92 Å². The van der Waals surface area contributed by atoms with Crippen LogP contribution >= 0.6 is 0 Å². The summed E-state index contributed by atoms with van der Waals surface area (Å²) in [7, 11) is 0. The monoisotopic (exact) mass is 213 g/mol. The first-order chi connectivity index (χ1) is 7.09. The molecule has 0 spiro atoms. The minimum absolute atomic E-state index is 0.0552. The number of nitrogens with two attached hydrogens (primary N) is 1. The van der Waals surface area contributed by atoms with Gasteiger partial charge in [-0.2, -0.15) is 0 Å². The lowest BCUT2D eigenvalue weighted by atomic mass is 9.99. The summed E-state index contributed by atoms with van der Waals surface area (Å²) in [5.41, 5.74) is 5.45. The molecule has 15 heavy (non-hydrogen) atoms. The molecule has 4 heteroatoms. The van der Waals surface area contributed by atoms with Crippen LogP contribution in [-0.2, 0) is 4.79 Å². The summed E-state index contributed by atoms with van der Waals surface area (Å²) in [5, 5.41) is 2.84. The van der Waals surface area contributed by atoms with E-state index in [1.165, 1.54) is 12.8 Å². The highest BCUT2D eigenvalue weighted by Crippen LogP contribution is 2.14. The van der Waals surface area contributed by atoms with E-state index in [0.29, 0.717) is 0 Å². The molecule has 1 fully saturated rings. The summed E-state index contributed by atoms with van der Waals surface area (Å²) in [4.78, 5) is 13.6. The van der Waals surface area contributed by atoms with Crippen LogP contribution in [0.3, 0.4) is 0 Å². The third kappa shape index (κ3) is 4.62. The molecule has 3 N–H and O–H groups in total. The summed E-state index contributed by atoms with van der Waals surface area (Å²) in [5.74, 6) is 0.806. The summed E-state index contributed by atoms with van der Waals surface area (Å²) < 4.78 is 0. The van der Waals surface area contributed by atoms with Crippen molar-refractivity contribution in [2.24, 2.45) is 11.7 Å². The minimum Gasteiger partial charge on any atom is -0.353 e. The highest BCUT2D eigenvalue weighted by atomic mass is 16.2. The molecule has 0 aliphatic carbocycles. The van der Waals surface area contributed by atoms with Gasteiger partial charge in [-0.05, 0) is 38.8 Å². The Labute approximate surface area is 92.2 Å². The molecule has 1 aliphatic rings. The first-order valence-electron chi connectivity index (χ1n) is 5.85. The van der Waals surface area contributed by atoms with Crippen LogP contribution < -0.4 is 11.1 Å². The topological polar surface area (TPSA) is 58.4 Å². The number of hydrogen-bond acceptors (Lipinski definition) is 3. The Balaban J connectivity index is 2.08. The van der Waals surface area contributed by atoms with Crippen molar-refractivity contribution in [2.45, 2.75) is 32.7 Å². The number of likely N-dealkylation sites (tertiary alicyclic amines) is 1. The Morgan fingerprint density at radius 1 is 1.53 bits per heavy atom. The molecule has 1 amide bonds. The number of nitrogens with one attached hydrogen (secondary N) is 1. The molecule has 4 nitrogen and oxygen atoms in total. The second kappa shape index (κ2) is 6.08. The molecule has 0 aromatic carbocycles. The van der Waals surface area contributed by atoms with Crippen molar-refractivity contribution in [1.82, 2.24) is 10.2 Å². The average Bonchev–Trinajstić information content (AvgIpc) is 2.20. The van der Waals surface area contributed by atoms with Gasteiger partial charge in [-0.15, -0.1) is 0 Å². The standard InChI is InChI=1S/C11H23N3O/c1-9-3-6-14(7-4-9)8-5-13-11(15)10(2)12/h9-10H,3-8,12H2,1-2H3,(H,13,15). The minimum atomic E-state index is -0.397. The van der Waals surface area contributed by atoms with Crippen LogP contribution in [0.25, 0.3) is 0 Å². The van der Waals surface area contributed by atoms with Crippen LogP contribution in [0.2, 0.25) is 0 Å². The lowest BCUT2D eigenvalue weighted by Gasteiger charge is -2.30. The molecule has 1 unspecified atom stereocenters. The molecule has 1 rings (SSSR count). The van der Waals surface area contributed by atoms with Crippen molar-refractivity contribution in [3.63, 3.8) is 0 Å². The number of rotatable bonds is 4. The van der Waals surface area contributed by atoms with Gasteiger partial charge in [-0.3, -0.25) is 4.79 Å². The fourth-order valence-electron chi connectivity index (χ4n) is 1.78. The van der Waals surface area contributed by atoms with E-state index < -0.39 is 6.04 Å². The zero-order valence-electron chi connectivity index (χ0n) is 9.83. The van der Waals surface area contributed by atoms with Crippen LogP contribution in [0, 0.1) is 5.92 Å². The van der Waals surface area contributed by atoms with Crippen molar-refractivity contribution in [2.75, 3.05) is 26.2 Å². The van der Waals surface area contributed by atoms with Crippen LogP contribution in [0.5, 0.6) is 0 Å². The van der Waals surface area contributed by atoms with Gasteiger partial charge < -0.3 is 16.0 Å². The largest absolute Gasteiger partial charge is 0.353 e. The Morgan fingerprint density at radius 2 is 2.13 bits per heavy atom. The summed E-state index contributed by atoms with van der Waals surface area (Å²) in [6.07, 6.45) is 2.56. The average molecular weight is 213 g/mol. The van der Waals surface area contributed by atoms with E-state index in [9.17, 15) is 4.79 Å². The van der Waals surface area contributed by atoms with Crippen LogP contribution in [0.1, 0.15) is 26.7 Å². The second-order valence-corrected chi connectivity index (χ2v) is 4.60. The maximum Gasteiger partial charge on any atom is 0.236 e. The Hall–Kier alpha value is -0.610. The maximum atomic E-state index is 11.2. The fourth-order valence-corrected chi connectivity index (χ4v) is 1.78. The molecule has 0 saturated carbocycles. The number of carbonyl (C=O) groups excluding carboxylic acids is 1. The number of hydrogen-bond donors (Lipinski definition) is 2. The van der Waals surface area contributed by atoms with E-state index in [1.54, 1.807) is 6.92 Å². The van der Waals surface area contributed by atoms with E-state index in [0.717, 1.165) is 32.1 Å². The zero-order valence-corrected chi connectivity index (χ0v) is 9.83. The number of carbonyl (C=O) groups is 1. The van der Waals surface area contributed by atoms with Crippen molar-refractivity contribution in [1.29, 1.82) is 0 Å². The van der Waals surface area contributed by atoms with Gasteiger partial charge in [0.15, 0.2) is 0 Å². The van der Waals surface area contributed by atoms with E-state index in [2.05, 4.69) is 17.1 Å². The highest BCUT2D eigenvalue weighted by Gasteiger charge is 2.15. The highest BCUT2D eigenvalue weighted by molar-refractivity contribution is 5.80. The molecule has 1 heterocycles. The van der Waals surface area contributed by atoms with Crippen molar-refractivity contribution >= 4 is 5.91 Å². The third-order valence-corrected chi connectivity index (χ3v) is 3.02. The van der Waals surface area contributed by atoms with Crippen LogP contribution in [0.15, 0.2) is 0 Å². The Morgan fingerprint density at radius 3 is 2.67 bits per heavy atom. The van der Waals surface area contributed by atoms with Gasteiger partial charge in [0.2, 0.25) is 5.91 Å². The molecular formula is C11H23N3O. The van der Waals surface area contributed by atoms with Gasteiger partial charge in [0.05, 0.1) is 6.04 Å². The summed E-state index contributed by atoms with van der Waals surface area (Å²) in [6, 6.07) is -0.397. The van der Waals surface area contributed by atoms with Gasteiger partial charge in [0, 0.05) is 13.1 Å². The lowest BCUT2D eigenvalue weighted by Crippen LogP contribution is -2.43. The lowest BCUT2D eigenvalue weighted by molar-refractivity contribution is -0.122. The Kier molecular flexibility index (Phi) is 5.05. The van der Waals surface area contributed by atoms with E-state index in [-0.39, 0.29) is 5.91 Å². The number of amides is 1. The van der Waals surface area contributed by atoms with E-state index in [1.807, 2.05) is 0 Å². The summed E-state index contributed by atoms with van der Waals surface area (Å²) in [6.45, 7) is 8.00. The zero-order chi connectivity index (χ0) is 11.3. The van der Waals surface area contributed by atoms with Crippen LogP contribution in [0.4, 0.5) is 0 Å². The predicted octanol–water partition coefficient (Wildman–Crippen LogP) is 0.182. The smallest absolute Gasteiger partial charge is 0.236 e. The normalized spacial score (nSPS) is 21.3. The van der Waals surface area contributed by atoms with Crippen molar-refractivity contribution in [3.05, 3.63) is 0 Å². The van der Waals surface area contributed by atoms with E-state index >= 15 is 0 Å². The number of nitrogens with zero attached hydrogens (tertiary/aromatic N) is 1. The SMILES string of the molecule is CC1CCN(CCNC(=O)C(C)N)CC1. The molecule has 1 aliphatic heterocycles. The van der Waals surface area contributed by atoms with Crippen molar-refractivity contribution in [3.8, 4) is 0 Å². The molecule has 0 radical (unpaired) electrons. The van der Waals surface area contributed by atoms with E-state index in [4.69, 9.17) is 5.73 Å². The molecule has 1 saturated heterocycles. The third-order valence-electron chi connectivity index (χ3n) is 3.02. The Bertz CT molecular complexity index is 198. The van der Waals surface area contributed by atoms with Gasteiger partial charge >= 0.3 is 0 Å². The predicted molar refractivity (Wildman–Crippen MR) is 61.5 cm³/mol. The first-order valence-corrected chi connectivity index (χ1v) is 5.85. The quantitative estimate of drug-likeness (QED) is 0.700. The first kappa shape index (κ1) is 12.5. The van der Waals surface area contributed by atoms with Gasteiger partial charge in [0.25, 0.3) is 0 Å².